The van der Waals surface area contributed by atoms with Crippen LogP contribution < -0.4 is 5.14 Å². The fourth-order valence-corrected chi connectivity index (χ4v) is 1.79. The van der Waals surface area contributed by atoms with Crippen molar-refractivity contribution in [1.29, 1.82) is 0 Å². The normalized spacial score (nSPS) is 13.2. The number of hydrogen-bond acceptors (Lipinski definition) is 3. The average Bonchev–Trinajstić information content (AvgIpc) is 2.26. The Morgan fingerprint density at radius 3 is 2.00 bits per heavy atom. The molecule has 0 aliphatic rings. The largest absolute Gasteiger partial charge is 0.435 e. The van der Waals surface area contributed by atoms with Crippen molar-refractivity contribution in [2.45, 2.75) is 20.0 Å². The van der Waals surface area contributed by atoms with Gasteiger partial charge in [-0.15, -0.1) is 4.09 Å². The maximum atomic E-state index is 12.3. The Balaban J connectivity index is 3.52. The molecule has 0 atom stereocenters. The molecule has 0 saturated heterocycles. The third-order valence-electron chi connectivity index (χ3n) is 1.89. The summed E-state index contributed by atoms with van der Waals surface area (Å²) in [6, 6.07) is 0. The molecule has 0 aliphatic heterocycles. The Hall–Kier alpha value is -1.09. The van der Waals surface area contributed by atoms with Crippen LogP contribution in [0.1, 0.15) is 17.0 Å². The highest BCUT2D eigenvalue weighted by Crippen LogP contribution is 2.31. The summed E-state index contributed by atoms with van der Waals surface area (Å²) in [5.41, 5.74) is -1.64. The summed E-state index contributed by atoms with van der Waals surface area (Å²) >= 11 is 0. The summed E-state index contributed by atoms with van der Waals surface area (Å²) in [7, 11) is -4.29. The second kappa shape index (κ2) is 3.20. The number of aromatic nitrogens is 2. The van der Waals surface area contributed by atoms with E-state index in [1.807, 2.05) is 0 Å². The van der Waals surface area contributed by atoms with Gasteiger partial charge >= 0.3 is 16.4 Å². The molecule has 0 spiro atoms. The van der Waals surface area contributed by atoms with Gasteiger partial charge in [0.15, 0.2) is 5.69 Å². The summed E-state index contributed by atoms with van der Waals surface area (Å²) in [5, 5.41) is 7.62. The zero-order valence-corrected chi connectivity index (χ0v) is 8.65. The van der Waals surface area contributed by atoms with Gasteiger partial charge in [0.05, 0.1) is 5.69 Å². The third-order valence-corrected chi connectivity index (χ3v) is 2.72. The lowest BCUT2D eigenvalue weighted by molar-refractivity contribution is -0.141. The number of nitrogens with two attached hydrogens (primary N) is 1. The molecule has 1 aromatic rings. The molecule has 86 valence electrons. The van der Waals surface area contributed by atoms with E-state index in [1.165, 1.54) is 6.92 Å². The predicted molar refractivity (Wildman–Crippen MR) is 45.2 cm³/mol. The van der Waals surface area contributed by atoms with Gasteiger partial charge in [-0.1, -0.05) is 0 Å². The number of halogens is 3. The van der Waals surface area contributed by atoms with E-state index in [-0.39, 0.29) is 15.3 Å². The Kier molecular flexibility index (Phi) is 2.56. The van der Waals surface area contributed by atoms with Crippen molar-refractivity contribution in [3.05, 3.63) is 17.0 Å². The summed E-state index contributed by atoms with van der Waals surface area (Å²) in [4.78, 5) is 0. The van der Waals surface area contributed by atoms with Crippen LogP contribution in [0, 0.1) is 13.8 Å². The monoisotopic (exact) mass is 243 g/mol. The highest BCUT2D eigenvalue weighted by Gasteiger charge is 2.38. The molecule has 5 nitrogen and oxygen atoms in total. The highest BCUT2D eigenvalue weighted by atomic mass is 32.2. The summed E-state index contributed by atoms with van der Waals surface area (Å²) < 4.78 is 58.8. The molecule has 0 amide bonds. The Labute approximate surface area is 83.9 Å². The third kappa shape index (κ3) is 2.12. The lowest BCUT2D eigenvalue weighted by Crippen LogP contribution is -2.24. The van der Waals surface area contributed by atoms with Gasteiger partial charge in [0.1, 0.15) is 0 Å². The molecule has 0 bridgehead atoms. The van der Waals surface area contributed by atoms with Gasteiger partial charge in [-0.05, 0) is 13.8 Å². The topological polar surface area (TPSA) is 78.0 Å². The number of rotatable bonds is 1. The van der Waals surface area contributed by atoms with E-state index in [0.717, 1.165) is 6.92 Å². The Morgan fingerprint density at radius 2 is 1.80 bits per heavy atom. The molecular formula is C6H8F3N3O2S. The zero-order valence-electron chi connectivity index (χ0n) is 7.83. The van der Waals surface area contributed by atoms with Crippen molar-refractivity contribution in [1.82, 2.24) is 9.19 Å². The second-order valence-electron chi connectivity index (χ2n) is 2.94. The van der Waals surface area contributed by atoms with Gasteiger partial charge in [-0.25, -0.2) is 5.14 Å². The van der Waals surface area contributed by atoms with Crippen molar-refractivity contribution >= 4 is 10.2 Å². The molecule has 2 N–H and O–H groups in total. The zero-order chi connectivity index (χ0) is 12.0. The van der Waals surface area contributed by atoms with Crippen LogP contribution >= 0.6 is 0 Å². The quantitative estimate of drug-likeness (QED) is 0.783. The van der Waals surface area contributed by atoms with Crippen LogP contribution in [0.3, 0.4) is 0 Å². The first-order valence-electron chi connectivity index (χ1n) is 3.72. The van der Waals surface area contributed by atoms with Gasteiger partial charge in [-0.3, -0.25) is 0 Å². The minimum atomic E-state index is -4.69. The van der Waals surface area contributed by atoms with Gasteiger partial charge in [0, 0.05) is 5.56 Å². The van der Waals surface area contributed by atoms with Crippen molar-refractivity contribution in [3.63, 3.8) is 0 Å². The van der Waals surface area contributed by atoms with Crippen LogP contribution in [0.2, 0.25) is 0 Å². The molecule has 1 aromatic heterocycles. The molecule has 0 saturated carbocycles. The van der Waals surface area contributed by atoms with Crippen molar-refractivity contribution in [3.8, 4) is 0 Å². The maximum Gasteiger partial charge on any atom is 0.435 e. The van der Waals surface area contributed by atoms with Crippen LogP contribution in [-0.4, -0.2) is 17.6 Å². The van der Waals surface area contributed by atoms with Crippen molar-refractivity contribution < 1.29 is 21.6 Å². The maximum absolute atomic E-state index is 12.3. The van der Waals surface area contributed by atoms with E-state index < -0.39 is 22.1 Å². The number of hydrogen-bond donors (Lipinski definition) is 1. The first-order valence-corrected chi connectivity index (χ1v) is 5.22. The lowest BCUT2D eigenvalue weighted by atomic mass is 10.2. The Morgan fingerprint density at radius 1 is 1.33 bits per heavy atom. The minimum absolute atomic E-state index is 0.148. The molecule has 0 radical (unpaired) electrons. The molecule has 15 heavy (non-hydrogen) atoms. The molecular weight excluding hydrogens is 235 g/mol. The molecule has 0 aromatic carbocycles. The fraction of sp³-hybridized carbons (Fsp3) is 0.500. The highest BCUT2D eigenvalue weighted by molar-refractivity contribution is 7.87. The second-order valence-corrected chi connectivity index (χ2v) is 4.32. The van der Waals surface area contributed by atoms with E-state index >= 15 is 0 Å². The molecule has 0 aliphatic carbocycles. The molecule has 1 heterocycles. The lowest BCUT2D eigenvalue weighted by Gasteiger charge is -2.01. The number of alkyl halides is 3. The summed E-state index contributed by atoms with van der Waals surface area (Å²) in [6.07, 6.45) is -4.69. The molecule has 0 unspecified atom stereocenters. The van der Waals surface area contributed by atoms with E-state index in [9.17, 15) is 21.6 Å². The van der Waals surface area contributed by atoms with E-state index in [0.29, 0.717) is 0 Å². The van der Waals surface area contributed by atoms with Gasteiger partial charge in [0.2, 0.25) is 0 Å². The SMILES string of the molecule is Cc1c(C(F)(F)F)nn(S(N)(=O)=O)c1C. The van der Waals surface area contributed by atoms with Crippen molar-refractivity contribution in [2.75, 3.05) is 0 Å². The smallest absolute Gasteiger partial charge is 0.210 e. The minimum Gasteiger partial charge on any atom is -0.210 e. The summed E-state index contributed by atoms with van der Waals surface area (Å²) in [6.45, 7) is 2.33. The van der Waals surface area contributed by atoms with Gasteiger partial charge in [-0.2, -0.15) is 26.7 Å². The summed E-state index contributed by atoms with van der Waals surface area (Å²) in [5.74, 6) is 0. The first kappa shape index (κ1) is 12.0. The molecule has 0 fully saturated rings. The van der Waals surface area contributed by atoms with Gasteiger partial charge < -0.3 is 0 Å². The van der Waals surface area contributed by atoms with E-state index in [4.69, 9.17) is 0 Å². The molecule has 1 rings (SSSR count). The molecule has 9 heteroatoms. The van der Waals surface area contributed by atoms with Gasteiger partial charge in [0.25, 0.3) is 0 Å². The first-order chi connectivity index (χ1) is 6.55. The van der Waals surface area contributed by atoms with Crippen LogP contribution in [0.4, 0.5) is 13.2 Å². The van der Waals surface area contributed by atoms with Crippen LogP contribution in [0.25, 0.3) is 0 Å². The van der Waals surface area contributed by atoms with Crippen LogP contribution in [0.15, 0.2) is 0 Å². The number of nitrogens with zero attached hydrogens (tertiary/aromatic N) is 2. The van der Waals surface area contributed by atoms with E-state index in [1.54, 1.807) is 0 Å². The predicted octanol–water partition coefficient (Wildman–Crippen LogP) is 0.570. The Bertz CT molecular complexity index is 488. The van der Waals surface area contributed by atoms with Crippen molar-refractivity contribution in [2.24, 2.45) is 5.14 Å². The standard InChI is InChI=1S/C6H8F3N3O2S/c1-3-4(2)12(15(10,13)14)11-5(3)6(7,8)9/h1-2H3,(H2,10,13,14). The van der Waals surface area contributed by atoms with Crippen LogP contribution in [-0.2, 0) is 16.4 Å². The average molecular weight is 243 g/mol. The van der Waals surface area contributed by atoms with Crippen LogP contribution in [0.5, 0.6) is 0 Å². The van der Waals surface area contributed by atoms with E-state index in [2.05, 4.69) is 10.2 Å². The fourth-order valence-electron chi connectivity index (χ4n) is 1.07.